The summed E-state index contributed by atoms with van der Waals surface area (Å²) in [6.45, 7) is 9.52. The van der Waals surface area contributed by atoms with Gasteiger partial charge < -0.3 is 18.9 Å². The van der Waals surface area contributed by atoms with E-state index in [1.54, 1.807) is 36.4 Å². The summed E-state index contributed by atoms with van der Waals surface area (Å²) in [5, 5.41) is 16.3. The standard InChI is InChI=1S/C64H91NO10/c1-5-9-13-17-21-25-29-33-43-72-61(66)51-40-37-48-49-38-41-53(63(68)74-45-35-31-27-23-19-15-11-7-3)58-54(64(69)75-46-36-32-28-24-20-16-12-8-4)47-55(65(70)71)59(60(49)58)50-39-42-52(57(51)56(48)50)62(67)73-44-34-30-26-22-18-14-10-6-2/h37-42,47H,5-36,43-46H2,1-4H3. The van der Waals surface area contributed by atoms with Crippen LogP contribution in [-0.4, -0.2) is 55.2 Å². The average molecular weight is 1030 g/mol. The lowest BCUT2D eigenvalue weighted by atomic mass is 9.83. The number of hydrogen-bond donors (Lipinski definition) is 0. The van der Waals surface area contributed by atoms with E-state index in [1.807, 2.05) is 0 Å². The molecule has 0 N–H and O–H groups in total. The van der Waals surface area contributed by atoms with Crippen LogP contribution in [0.2, 0.25) is 0 Å². The Balaban J connectivity index is 1.57. The Morgan fingerprint density at radius 1 is 0.333 bits per heavy atom. The maximum Gasteiger partial charge on any atom is 0.339 e. The summed E-state index contributed by atoms with van der Waals surface area (Å²) >= 11 is 0. The van der Waals surface area contributed by atoms with Gasteiger partial charge in [-0.3, -0.25) is 10.1 Å². The van der Waals surface area contributed by atoms with Crippen molar-refractivity contribution in [2.45, 2.75) is 233 Å². The number of non-ortho nitro benzene ring substituents is 1. The van der Waals surface area contributed by atoms with Crippen molar-refractivity contribution in [2.24, 2.45) is 0 Å². The van der Waals surface area contributed by atoms with Gasteiger partial charge in [0.05, 0.1) is 59.0 Å². The highest BCUT2D eigenvalue weighted by molar-refractivity contribution is 6.39. The zero-order valence-corrected chi connectivity index (χ0v) is 46.5. The molecule has 0 radical (unpaired) electrons. The summed E-state index contributed by atoms with van der Waals surface area (Å²) in [6, 6.07) is 11.2. The molecule has 0 aliphatic carbocycles. The van der Waals surface area contributed by atoms with Crippen LogP contribution in [0.25, 0.3) is 43.1 Å². The predicted octanol–water partition coefficient (Wildman–Crippen LogP) is 18.8. The van der Waals surface area contributed by atoms with E-state index < -0.39 is 28.8 Å². The fourth-order valence-electron chi connectivity index (χ4n) is 10.7. The number of nitro benzene ring substituents is 1. The van der Waals surface area contributed by atoms with Gasteiger partial charge in [-0.2, -0.15) is 0 Å². The molecule has 5 rings (SSSR count). The number of unbranched alkanes of at least 4 members (excludes halogenated alkanes) is 28. The van der Waals surface area contributed by atoms with E-state index in [0.29, 0.717) is 52.6 Å². The molecule has 11 nitrogen and oxygen atoms in total. The number of carbonyl (C=O) groups excluding carboxylic acids is 4. The van der Waals surface area contributed by atoms with Crippen LogP contribution < -0.4 is 0 Å². The topological polar surface area (TPSA) is 148 Å². The van der Waals surface area contributed by atoms with E-state index in [4.69, 9.17) is 18.9 Å². The number of rotatable bonds is 41. The lowest BCUT2D eigenvalue weighted by Gasteiger charge is -2.20. The molecule has 0 unspecified atom stereocenters. The molecule has 0 spiro atoms. The molecule has 0 amide bonds. The number of nitrogens with zero attached hydrogens (tertiary/aromatic N) is 1. The molecule has 5 aromatic rings. The molecule has 0 aliphatic heterocycles. The number of esters is 4. The van der Waals surface area contributed by atoms with Gasteiger partial charge in [0.15, 0.2) is 0 Å². The van der Waals surface area contributed by atoms with E-state index in [0.717, 1.165) is 77.0 Å². The number of hydrogen-bond acceptors (Lipinski definition) is 10. The third kappa shape index (κ3) is 18.2. The number of ether oxygens (including phenoxy) is 4. The highest BCUT2D eigenvalue weighted by Gasteiger charge is 2.32. The van der Waals surface area contributed by atoms with E-state index in [2.05, 4.69) is 27.7 Å². The number of fused-ring (bicyclic) bond motifs is 2. The van der Waals surface area contributed by atoms with Crippen molar-refractivity contribution in [1.82, 2.24) is 0 Å². The molecule has 0 heterocycles. The highest BCUT2D eigenvalue weighted by Crippen LogP contribution is 2.48. The van der Waals surface area contributed by atoms with Crippen LogP contribution in [0.4, 0.5) is 5.69 Å². The molecular weight excluding hydrogens is 943 g/mol. The highest BCUT2D eigenvalue weighted by atomic mass is 16.6. The minimum Gasteiger partial charge on any atom is -0.462 e. The van der Waals surface area contributed by atoms with Crippen molar-refractivity contribution >= 4 is 72.7 Å². The van der Waals surface area contributed by atoms with Gasteiger partial charge in [-0.05, 0) is 65.4 Å². The van der Waals surface area contributed by atoms with Crippen LogP contribution in [0, 0.1) is 10.1 Å². The minimum atomic E-state index is -0.762. The summed E-state index contributed by atoms with van der Waals surface area (Å²) < 4.78 is 23.7. The largest absolute Gasteiger partial charge is 0.462 e. The van der Waals surface area contributed by atoms with Crippen molar-refractivity contribution in [3.05, 3.63) is 74.8 Å². The van der Waals surface area contributed by atoms with E-state index >= 15 is 0 Å². The second-order valence-corrected chi connectivity index (χ2v) is 21.0. The van der Waals surface area contributed by atoms with E-state index in [9.17, 15) is 29.3 Å². The third-order valence-corrected chi connectivity index (χ3v) is 15.0. The molecule has 0 aliphatic rings. The molecule has 11 heteroatoms. The van der Waals surface area contributed by atoms with Crippen LogP contribution in [0.3, 0.4) is 0 Å². The predicted molar refractivity (Wildman–Crippen MR) is 306 cm³/mol. The second kappa shape index (κ2) is 34.4. The molecule has 412 valence electrons. The zero-order valence-electron chi connectivity index (χ0n) is 46.5. The number of carbonyl (C=O) groups is 4. The van der Waals surface area contributed by atoms with Crippen LogP contribution >= 0.6 is 0 Å². The summed E-state index contributed by atoms with van der Waals surface area (Å²) in [7, 11) is 0. The Morgan fingerprint density at radius 3 is 0.920 bits per heavy atom. The Labute approximate surface area is 448 Å². The molecule has 0 bridgehead atoms. The second-order valence-electron chi connectivity index (χ2n) is 21.0. The maximum atomic E-state index is 14.3. The fourth-order valence-corrected chi connectivity index (χ4v) is 10.7. The average Bonchev–Trinajstić information content (AvgIpc) is 3.41. The lowest BCUT2D eigenvalue weighted by molar-refractivity contribution is -0.383. The Kier molecular flexibility index (Phi) is 27.7. The van der Waals surface area contributed by atoms with Gasteiger partial charge in [0.2, 0.25) is 0 Å². The number of nitro groups is 1. The quantitative estimate of drug-likeness (QED) is 0.00704. The first-order chi connectivity index (χ1) is 36.7. The summed E-state index contributed by atoms with van der Waals surface area (Å²) in [5.74, 6) is -2.61. The van der Waals surface area contributed by atoms with Crippen molar-refractivity contribution in [3.8, 4) is 0 Å². The lowest BCUT2D eigenvalue weighted by Crippen LogP contribution is -2.14. The summed E-state index contributed by atoms with van der Waals surface area (Å²) in [6.07, 6.45) is 34.3. The number of benzene rings is 5. The molecule has 75 heavy (non-hydrogen) atoms. The molecule has 0 saturated carbocycles. The molecule has 0 atom stereocenters. The van der Waals surface area contributed by atoms with Crippen molar-refractivity contribution in [3.63, 3.8) is 0 Å². The van der Waals surface area contributed by atoms with Crippen LogP contribution in [0.1, 0.15) is 275 Å². The fraction of sp³-hybridized carbons (Fsp3) is 0.625. The maximum absolute atomic E-state index is 14.3. The zero-order chi connectivity index (χ0) is 53.6. The first-order valence-electron chi connectivity index (χ1n) is 29.8. The van der Waals surface area contributed by atoms with Crippen molar-refractivity contribution in [2.75, 3.05) is 26.4 Å². The van der Waals surface area contributed by atoms with E-state index in [-0.39, 0.29) is 70.5 Å². The minimum absolute atomic E-state index is 0.0945. The van der Waals surface area contributed by atoms with Crippen LogP contribution in [-0.2, 0) is 18.9 Å². The molecule has 0 aromatic heterocycles. The molecule has 0 fully saturated rings. The van der Waals surface area contributed by atoms with Gasteiger partial charge in [0, 0.05) is 22.2 Å². The molecular formula is C64H91NO10. The third-order valence-electron chi connectivity index (χ3n) is 15.0. The molecule has 0 saturated heterocycles. The van der Waals surface area contributed by atoms with Gasteiger partial charge in [-0.1, -0.05) is 226 Å². The SMILES string of the molecule is CCCCCCCCCCOC(=O)c1ccc2c3ccc(C(=O)OCCCCCCCCCC)c4c(C(=O)OCCCCCCCCCC)cc([N+](=O)[O-])c(c5ccc(C(=O)OCCCCCCCCCC)c1c25)c43. The van der Waals surface area contributed by atoms with Crippen molar-refractivity contribution < 1.29 is 43.0 Å². The van der Waals surface area contributed by atoms with Gasteiger partial charge >= 0.3 is 23.9 Å². The smallest absolute Gasteiger partial charge is 0.339 e. The normalized spacial score (nSPS) is 11.6. The van der Waals surface area contributed by atoms with Gasteiger partial charge in [-0.15, -0.1) is 0 Å². The summed E-state index contributed by atoms with van der Waals surface area (Å²) in [4.78, 5) is 70.0. The van der Waals surface area contributed by atoms with Crippen molar-refractivity contribution in [1.29, 1.82) is 0 Å². The van der Waals surface area contributed by atoms with Gasteiger partial charge in [0.25, 0.3) is 5.69 Å². The van der Waals surface area contributed by atoms with Crippen LogP contribution in [0.15, 0.2) is 42.5 Å². The van der Waals surface area contributed by atoms with Gasteiger partial charge in [0.1, 0.15) is 0 Å². The Bertz CT molecular complexity index is 2510. The first-order valence-corrected chi connectivity index (χ1v) is 29.8. The molecule has 5 aromatic carbocycles. The van der Waals surface area contributed by atoms with Crippen LogP contribution in [0.5, 0.6) is 0 Å². The Hall–Kier alpha value is -5.32. The summed E-state index contributed by atoms with van der Waals surface area (Å²) in [5.41, 5.74) is -0.0574. The van der Waals surface area contributed by atoms with E-state index in [1.165, 1.54) is 109 Å². The van der Waals surface area contributed by atoms with Gasteiger partial charge in [-0.25, -0.2) is 19.2 Å². The Morgan fingerprint density at radius 2 is 0.600 bits per heavy atom. The first kappa shape index (κ1) is 60.5. The monoisotopic (exact) mass is 1030 g/mol.